The summed E-state index contributed by atoms with van der Waals surface area (Å²) in [4.78, 5) is 71.8. The number of carbonyl (C=O) groups is 3. The molecule has 4 heterocycles. The van der Waals surface area contributed by atoms with E-state index in [1.807, 2.05) is 37.3 Å². The number of nitrogens with one attached hydrogen (secondary N) is 4. The van der Waals surface area contributed by atoms with Gasteiger partial charge in [-0.25, -0.2) is 14.4 Å². The number of amides is 2. The number of hydrogen-bond acceptors (Lipinski definition) is 15. The van der Waals surface area contributed by atoms with Crippen molar-refractivity contribution in [1.29, 1.82) is 5.26 Å². The fourth-order valence-electron chi connectivity index (χ4n) is 5.07. The molecule has 0 fully saturated rings. The second-order valence-electron chi connectivity index (χ2n) is 11.5. The van der Waals surface area contributed by atoms with E-state index in [4.69, 9.17) is 23.7 Å². The summed E-state index contributed by atoms with van der Waals surface area (Å²) in [5, 5.41) is 15.3. The molecule has 2 aromatic carbocycles. The van der Waals surface area contributed by atoms with Gasteiger partial charge in [-0.1, -0.05) is 35.7 Å². The van der Waals surface area contributed by atoms with Crippen molar-refractivity contribution in [1.82, 2.24) is 30.6 Å². The van der Waals surface area contributed by atoms with Crippen LogP contribution in [0.1, 0.15) is 51.4 Å². The van der Waals surface area contributed by atoms with E-state index in [1.165, 1.54) is 7.11 Å². The van der Waals surface area contributed by atoms with E-state index in [0.29, 0.717) is 54.1 Å². The number of aryl methyl sites for hydroxylation is 2. The number of aromatic nitrogens is 4. The summed E-state index contributed by atoms with van der Waals surface area (Å²) in [7, 11) is 1.24. The highest BCUT2D eigenvalue weighted by atomic mass is 32.2. The molecule has 0 bridgehead atoms. The zero-order valence-corrected chi connectivity index (χ0v) is 31.2. The second-order valence-corrected chi connectivity index (χ2v) is 13.5. The van der Waals surface area contributed by atoms with Gasteiger partial charge in [0.2, 0.25) is 18.6 Å². The van der Waals surface area contributed by atoms with Crippen LogP contribution in [0.3, 0.4) is 0 Å². The Morgan fingerprint density at radius 1 is 0.870 bits per heavy atom. The first-order valence-electron chi connectivity index (χ1n) is 16.3. The minimum Gasteiger partial charge on any atom is -0.486 e. The summed E-state index contributed by atoms with van der Waals surface area (Å²) in [5.41, 5.74) is 1.80. The summed E-state index contributed by atoms with van der Waals surface area (Å²) in [6.07, 6.45) is 0. The van der Waals surface area contributed by atoms with Crippen LogP contribution in [0.5, 0.6) is 23.0 Å². The average Bonchev–Trinajstić information content (AvgIpc) is 3.63. The highest BCUT2D eigenvalue weighted by Crippen LogP contribution is 2.33. The maximum atomic E-state index is 12.3. The lowest BCUT2D eigenvalue weighted by Crippen LogP contribution is -2.28. The van der Waals surface area contributed by atoms with Crippen molar-refractivity contribution in [2.75, 3.05) is 38.6 Å². The third-order valence-corrected chi connectivity index (χ3v) is 9.68. The second kappa shape index (κ2) is 18.2. The van der Waals surface area contributed by atoms with Crippen molar-refractivity contribution in [2.45, 2.75) is 43.4 Å². The Balaban J connectivity index is 0.000000208. The molecule has 0 aliphatic carbocycles. The van der Waals surface area contributed by atoms with Gasteiger partial charge < -0.3 is 44.3 Å². The number of nitrogens with zero attached hydrogens (tertiary/aromatic N) is 3. The van der Waals surface area contributed by atoms with Crippen LogP contribution in [-0.4, -0.2) is 76.3 Å². The van der Waals surface area contributed by atoms with Gasteiger partial charge in [-0.3, -0.25) is 9.59 Å². The standard InChI is InChI=1S/C18H18N4O4S.C17H17N3O6S/c1-10(12-3-4-14-15(7-12)26-6-5-25-14)20-16(23)9-27-17-13(8-19)11(2)21-18(24)22-17;1-9-14(16(22)24-2)15(20-17(23)19-9)27-7-13(21)18-6-10-3-4-11-12(5-10)26-8-25-11/h3-4,7,10H,5-6,9H2,1-2H3,(H,20,23)(H,21,22,24);3-5H,6-8H2,1-2H3,(H,18,21)(H,19,20,23). The minimum atomic E-state index is -0.625. The van der Waals surface area contributed by atoms with Gasteiger partial charge in [-0.15, -0.1) is 0 Å². The quantitative estimate of drug-likeness (QED) is 0.0973. The van der Waals surface area contributed by atoms with Crippen molar-refractivity contribution < 1.29 is 38.1 Å². The van der Waals surface area contributed by atoms with Gasteiger partial charge in [0.15, 0.2) is 23.0 Å². The number of esters is 1. The van der Waals surface area contributed by atoms with Gasteiger partial charge in [0.25, 0.3) is 0 Å². The monoisotopic (exact) mass is 777 g/mol. The molecule has 2 aliphatic heterocycles. The predicted molar refractivity (Wildman–Crippen MR) is 195 cm³/mol. The molecule has 4 aromatic rings. The van der Waals surface area contributed by atoms with Crippen LogP contribution in [0.4, 0.5) is 0 Å². The van der Waals surface area contributed by atoms with E-state index in [1.54, 1.807) is 26.0 Å². The highest BCUT2D eigenvalue weighted by Gasteiger charge is 2.21. The molecule has 6 rings (SSSR count). The van der Waals surface area contributed by atoms with Crippen LogP contribution in [0, 0.1) is 25.2 Å². The Hall–Kier alpha value is -6.00. The normalized spacial score (nSPS) is 12.7. The van der Waals surface area contributed by atoms with Gasteiger partial charge in [0, 0.05) is 17.9 Å². The van der Waals surface area contributed by atoms with Crippen LogP contribution in [0.2, 0.25) is 0 Å². The molecule has 1 unspecified atom stereocenters. The summed E-state index contributed by atoms with van der Waals surface area (Å²) in [5.74, 6) is 1.58. The molecule has 2 aromatic heterocycles. The van der Waals surface area contributed by atoms with Gasteiger partial charge >= 0.3 is 17.3 Å². The molecule has 2 amide bonds. The van der Waals surface area contributed by atoms with Crippen molar-refractivity contribution in [3.8, 4) is 29.1 Å². The summed E-state index contributed by atoms with van der Waals surface area (Å²) in [6.45, 7) is 6.57. The van der Waals surface area contributed by atoms with Gasteiger partial charge in [0.05, 0.1) is 24.7 Å². The van der Waals surface area contributed by atoms with Gasteiger partial charge in [0.1, 0.15) is 40.5 Å². The van der Waals surface area contributed by atoms with Crippen molar-refractivity contribution in [3.63, 3.8) is 0 Å². The predicted octanol–water partition coefficient (Wildman–Crippen LogP) is 2.69. The van der Waals surface area contributed by atoms with Gasteiger partial charge in [-0.2, -0.15) is 15.2 Å². The molecule has 4 N–H and O–H groups in total. The first kappa shape index (κ1) is 39.2. The lowest BCUT2D eigenvalue weighted by Gasteiger charge is -2.21. The van der Waals surface area contributed by atoms with Crippen LogP contribution in [0.25, 0.3) is 0 Å². The molecule has 0 spiro atoms. The molecule has 1 atom stereocenters. The maximum Gasteiger partial charge on any atom is 0.346 e. The third-order valence-electron chi connectivity index (χ3n) is 7.72. The molecule has 0 radical (unpaired) electrons. The summed E-state index contributed by atoms with van der Waals surface area (Å²) >= 11 is 2.05. The van der Waals surface area contributed by atoms with Gasteiger partial charge in [-0.05, 0) is 56.2 Å². The van der Waals surface area contributed by atoms with Crippen LogP contribution in [0.15, 0.2) is 56.0 Å². The molecule has 0 saturated carbocycles. The molecule has 17 nitrogen and oxygen atoms in total. The number of fused-ring (bicyclic) bond motifs is 2. The molecule has 282 valence electrons. The average molecular weight is 778 g/mol. The molecular weight excluding hydrogens is 743 g/mol. The molecule has 54 heavy (non-hydrogen) atoms. The number of ether oxygens (including phenoxy) is 5. The van der Waals surface area contributed by atoms with Crippen molar-refractivity contribution in [3.05, 3.63) is 91.0 Å². The number of methoxy groups -OCH3 is 1. The fourth-order valence-corrected chi connectivity index (χ4v) is 6.81. The van der Waals surface area contributed by atoms with E-state index in [0.717, 1.165) is 34.7 Å². The van der Waals surface area contributed by atoms with Crippen LogP contribution < -0.4 is 41.0 Å². The van der Waals surface area contributed by atoms with E-state index in [9.17, 15) is 29.2 Å². The Morgan fingerprint density at radius 2 is 1.48 bits per heavy atom. The molecule has 0 saturated heterocycles. The number of H-pyrrole nitrogens is 2. The van der Waals surface area contributed by atoms with Crippen molar-refractivity contribution in [2.24, 2.45) is 0 Å². The van der Waals surface area contributed by atoms with Crippen molar-refractivity contribution >= 4 is 41.3 Å². The Bertz CT molecular complexity index is 2220. The van der Waals surface area contributed by atoms with E-state index >= 15 is 0 Å². The number of carbonyl (C=O) groups excluding carboxylic acids is 3. The number of nitriles is 1. The van der Waals surface area contributed by atoms with Crippen LogP contribution in [-0.2, 0) is 20.9 Å². The zero-order chi connectivity index (χ0) is 38.8. The fraction of sp³-hybridized carbons (Fsp3) is 0.314. The van der Waals surface area contributed by atoms with Crippen LogP contribution >= 0.6 is 23.5 Å². The topological polar surface area (TPSA) is 237 Å². The SMILES string of the molecule is COC(=O)c1c(SCC(=O)NCc2ccc3c(c2)OCO3)nc(=O)[nH]c1C.Cc1[nH]c(=O)nc(SCC(=O)NC(C)c2ccc3c(c2)OCCO3)c1C#N. The summed E-state index contributed by atoms with van der Waals surface area (Å²) in [6, 6.07) is 12.7. The first-order chi connectivity index (χ1) is 25.9. The summed E-state index contributed by atoms with van der Waals surface area (Å²) < 4.78 is 26.3. The lowest BCUT2D eigenvalue weighted by atomic mass is 10.1. The first-order valence-corrected chi connectivity index (χ1v) is 18.2. The molecule has 19 heteroatoms. The number of rotatable bonds is 11. The zero-order valence-electron chi connectivity index (χ0n) is 29.5. The number of thioether (sulfide) groups is 2. The Kier molecular flexibility index (Phi) is 13.2. The largest absolute Gasteiger partial charge is 0.486 e. The number of hydrogen-bond donors (Lipinski definition) is 4. The minimum absolute atomic E-state index is 0.00948. The smallest absolute Gasteiger partial charge is 0.346 e. The highest BCUT2D eigenvalue weighted by molar-refractivity contribution is 8.00. The number of aromatic amines is 2. The Labute approximate surface area is 316 Å². The van der Waals surface area contributed by atoms with E-state index < -0.39 is 17.3 Å². The molecule has 2 aliphatic rings. The molecular formula is C35H35N7O10S2. The third kappa shape index (κ3) is 10.1. The lowest BCUT2D eigenvalue weighted by molar-refractivity contribution is -0.119. The number of benzene rings is 2. The van der Waals surface area contributed by atoms with E-state index in [-0.39, 0.29) is 57.3 Å². The maximum absolute atomic E-state index is 12.3. The van der Waals surface area contributed by atoms with E-state index in [2.05, 4.69) is 30.6 Å². The Morgan fingerprint density at radius 3 is 2.22 bits per heavy atom.